The second-order valence-corrected chi connectivity index (χ2v) is 6.64. The van der Waals surface area contributed by atoms with Crippen LogP contribution in [0.25, 0.3) is 11.1 Å². The second-order valence-electron chi connectivity index (χ2n) is 6.64. The summed E-state index contributed by atoms with van der Waals surface area (Å²) >= 11 is 0. The zero-order valence-electron chi connectivity index (χ0n) is 13.7. The third-order valence-electron chi connectivity index (χ3n) is 4.83. The standard InChI is InChI=1S/C19H25N3O/c1-15(22-13-19(23)9-3-2-4-10-19)16-5-7-17(8-6-16)18-11-20-14-21-12-18/h5-8,11-12,14-15,22-23H,2-4,9-10,13H2,1H3. The highest BCUT2D eigenvalue weighted by atomic mass is 16.3. The molecule has 1 aromatic carbocycles. The van der Waals surface area contributed by atoms with Crippen molar-refractivity contribution in [3.05, 3.63) is 48.5 Å². The number of rotatable bonds is 5. The Balaban J connectivity index is 1.60. The van der Waals surface area contributed by atoms with Crippen molar-refractivity contribution in [2.24, 2.45) is 0 Å². The molecule has 23 heavy (non-hydrogen) atoms. The Morgan fingerprint density at radius 3 is 2.35 bits per heavy atom. The van der Waals surface area contributed by atoms with Crippen molar-refractivity contribution in [3.63, 3.8) is 0 Å². The molecule has 0 radical (unpaired) electrons. The molecule has 3 rings (SSSR count). The fourth-order valence-corrected chi connectivity index (χ4v) is 3.26. The lowest BCUT2D eigenvalue weighted by molar-refractivity contribution is 0.00300. The van der Waals surface area contributed by atoms with E-state index in [1.807, 2.05) is 12.4 Å². The first kappa shape index (κ1) is 16.1. The first-order chi connectivity index (χ1) is 11.2. The molecule has 1 saturated carbocycles. The van der Waals surface area contributed by atoms with Gasteiger partial charge in [0.25, 0.3) is 0 Å². The summed E-state index contributed by atoms with van der Waals surface area (Å²) in [5.41, 5.74) is 2.85. The Kier molecular flexibility index (Phi) is 5.03. The fraction of sp³-hybridized carbons (Fsp3) is 0.474. The van der Waals surface area contributed by atoms with Crippen LogP contribution in [0.2, 0.25) is 0 Å². The van der Waals surface area contributed by atoms with Crippen molar-refractivity contribution < 1.29 is 5.11 Å². The van der Waals surface area contributed by atoms with Gasteiger partial charge in [-0.05, 0) is 30.9 Å². The highest BCUT2D eigenvalue weighted by Crippen LogP contribution is 2.28. The van der Waals surface area contributed by atoms with E-state index >= 15 is 0 Å². The largest absolute Gasteiger partial charge is 0.389 e. The van der Waals surface area contributed by atoms with E-state index in [1.54, 1.807) is 6.33 Å². The van der Waals surface area contributed by atoms with Crippen molar-refractivity contribution >= 4 is 0 Å². The summed E-state index contributed by atoms with van der Waals surface area (Å²) in [6, 6.07) is 8.68. The van der Waals surface area contributed by atoms with Crippen LogP contribution in [0, 0.1) is 0 Å². The van der Waals surface area contributed by atoms with E-state index in [0.29, 0.717) is 6.54 Å². The van der Waals surface area contributed by atoms with Crippen molar-refractivity contribution in [3.8, 4) is 11.1 Å². The number of benzene rings is 1. The molecule has 2 N–H and O–H groups in total. The molecule has 4 nitrogen and oxygen atoms in total. The highest BCUT2D eigenvalue weighted by molar-refractivity contribution is 5.61. The van der Waals surface area contributed by atoms with E-state index in [9.17, 15) is 5.11 Å². The predicted octanol–water partition coefficient (Wildman–Crippen LogP) is 3.49. The number of aliphatic hydroxyl groups is 1. The minimum absolute atomic E-state index is 0.224. The fourth-order valence-electron chi connectivity index (χ4n) is 3.26. The van der Waals surface area contributed by atoms with Gasteiger partial charge >= 0.3 is 0 Å². The lowest BCUT2D eigenvalue weighted by atomic mass is 9.84. The molecular formula is C19H25N3O. The zero-order chi connectivity index (χ0) is 16.1. The lowest BCUT2D eigenvalue weighted by Crippen LogP contribution is -2.42. The number of hydrogen-bond acceptors (Lipinski definition) is 4. The van der Waals surface area contributed by atoms with E-state index in [0.717, 1.165) is 36.8 Å². The van der Waals surface area contributed by atoms with E-state index < -0.39 is 5.60 Å². The lowest BCUT2D eigenvalue weighted by Gasteiger charge is -2.33. The molecule has 0 bridgehead atoms. The second kappa shape index (κ2) is 7.20. The van der Waals surface area contributed by atoms with Gasteiger partial charge in [0.15, 0.2) is 0 Å². The number of aromatic nitrogens is 2. The van der Waals surface area contributed by atoms with E-state index in [-0.39, 0.29) is 6.04 Å². The Hall–Kier alpha value is -1.78. The maximum atomic E-state index is 10.6. The first-order valence-corrected chi connectivity index (χ1v) is 8.47. The summed E-state index contributed by atoms with van der Waals surface area (Å²) in [6.45, 7) is 2.81. The average molecular weight is 311 g/mol. The van der Waals surface area contributed by atoms with Gasteiger partial charge in [-0.2, -0.15) is 0 Å². The van der Waals surface area contributed by atoms with Crippen molar-refractivity contribution in [1.29, 1.82) is 0 Å². The molecule has 1 aliphatic carbocycles. The molecule has 1 aliphatic rings. The van der Waals surface area contributed by atoms with Gasteiger partial charge in [-0.3, -0.25) is 0 Å². The van der Waals surface area contributed by atoms with E-state index in [2.05, 4.69) is 46.5 Å². The van der Waals surface area contributed by atoms with Gasteiger partial charge in [0.1, 0.15) is 6.33 Å². The van der Waals surface area contributed by atoms with Crippen molar-refractivity contribution in [2.75, 3.05) is 6.54 Å². The summed E-state index contributed by atoms with van der Waals surface area (Å²) in [7, 11) is 0. The molecule has 1 atom stereocenters. The van der Waals surface area contributed by atoms with Gasteiger partial charge in [0.05, 0.1) is 5.60 Å². The molecule has 1 heterocycles. The minimum Gasteiger partial charge on any atom is -0.389 e. The smallest absolute Gasteiger partial charge is 0.115 e. The van der Waals surface area contributed by atoms with Gasteiger partial charge < -0.3 is 10.4 Å². The van der Waals surface area contributed by atoms with Crippen LogP contribution in [0.4, 0.5) is 0 Å². The maximum absolute atomic E-state index is 10.6. The van der Waals surface area contributed by atoms with Gasteiger partial charge in [-0.1, -0.05) is 43.5 Å². The molecule has 122 valence electrons. The first-order valence-electron chi connectivity index (χ1n) is 8.47. The molecule has 0 saturated heterocycles. The monoisotopic (exact) mass is 311 g/mol. The number of hydrogen-bond donors (Lipinski definition) is 2. The molecule has 1 fully saturated rings. The van der Waals surface area contributed by atoms with Crippen LogP contribution in [0.15, 0.2) is 43.0 Å². The van der Waals surface area contributed by atoms with Crippen LogP contribution in [0.5, 0.6) is 0 Å². The average Bonchev–Trinajstić information content (AvgIpc) is 2.61. The molecule has 1 unspecified atom stereocenters. The predicted molar refractivity (Wildman–Crippen MR) is 91.9 cm³/mol. The van der Waals surface area contributed by atoms with Crippen LogP contribution in [-0.2, 0) is 0 Å². The zero-order valence-corrected chi connectivity index (χ0v) is 13.7. The molecule has 0 aliphatic heterocycles. The Bertz CT molecular complexity index is 606. The highest BCUT2D eigenvalue weighted by Gasteiger charge is 2.29. The number of nitrogens with zero attached hydrogens (tertiary/aromatic N) is 2. The molecule has 2 aromatic rings. The number of nitrogens with one attached hydrogen (secondary N) is 1. The third-order valence-corrected chi connectivity index (χ3v) is 4.83. The summed E-state index contributed by atoms with van der Waals surface area (Å²) in [5.74, 6) is 0. The van der Waals surface area contributed by atoms with Gasteiger partial charge in [0.2, 0.25) is 0 Å². The van der Waals surface area contributed by atoms with Crippen LogP contribution in [-0.4, -0.2) is 27.2 Å². The van der Waals surface area contributed by atoms with E-state index in [4.69, 9.17) is 0 Å². The summed E-state index contributed by atoms with van der Waals surface area (Å²) in [6.07, 6.45) is 10.5. The normalized spacial score (nSPS) is 18.5. The van der Waals surface area contributed by atoms with Gasteiger partial charge in [-0.25, -0.2) is 9.97 Å². The van der Waals surface area contributed by atoms with Crippen LogP contribution in [0.1, 0.15) is 50.6 Å². The third kappa shape index (κ3) is 4.15. The van der Waals surface area contributed by atoms with E-state index in [1.165, 1.54) is 12.0 Å². The Labute approximate surface area is 138 Å². The van der Waals surface area contributed by atoms with Crippen molar-refractivity contribution in [1.82, 2.24) is 15.3 Å². The quantitative estimate of drug-likeness (QED) is 0.887. The topological polar surface area (TPSA) is 58.0 Å². The van der Waals surface area contributed by atoms with Crippen LogP contribution in [0.3, 0.4) is 0 Å². The summed E-state index contributed by atoms with van der Waals surface area (Å²) in [5, 5.41) is 14.1. The molecule has 0 amide bonds. The van der Waals surface area contributed by atoms with Crippen LogP contribution < -0.4 is 5.32 Å². The Morgan fingerprint density at radius 1 is 1.04 bits per heavy atom. The summed E-state index contributed by atoms with van der Waals surface area (Å²) < 4.78 is 0. The summed E-state index contributed by atoms with van der Waals surface area (Å²) in [4.78, 5) is 8.11. The molecule has 1 aromatic heterocycles. The molecule has 4 heteroatoms. The maximum Gasteiger partial charge on any atom is 0.115 e. The molecular weight excluding hydrogens is 286 g/mol. The minimum atomic E-state index is -0.520. The molecule has 0 spiro atoms. The van der Waals surface area contributed by atoms with Gasteiger partial charge in [-0.15, -0.1) is 0 Å². The SMILES string of the molecule is CC(NCC1(O)CCCCC1)c1ccc(-c2cncnc2)cc1. The van der Waals surface area contributed by atoms with Crippen LogP contribution >= 0.6 is 0 Å². The van der Waals surface area contributed by atoms with Crippen molar-refractivity contribution in [2.45, 2.75) is 50.7 Å². The van der Waals surface area contributed by atoms with Gasteiger partial charge in [0, 0.05) is 30.5 Å². The Morgan fingerprint density at radius 2 is 1.70 bits per heavy atom.